The number of fused-ring (bicyclic) bond motifs is 8. The van der Waals surface area contributed by atoms with Crippen molar-refractivity contribution in [3.05, 3.63) is 132 Å². The molecule has 0 unspecified atom stereocenters. The van der Waals surface area contributed by atoms with Crippen LogP contribution in [0.5, 0.6) is 23.0 Å². The quantitative estimate of drug-likeness (QED) is 0.172. The zero-order valence-corrected chi connectivity index (χ0v) is 32.2. The van der Waals surface area contributed by atoms with Crippen LogP contribution in [0.4, 0.5) is 17.1 Å². The third kappa shape index (κ3) is 5.43. The minimum Gasteiger partial charge on any atom is -0.458 e. The lowest BCUT2D eigenvalue weighted by atomic mass is 9.34. The van der Waals surface area contributed by atoms with E-state index in [0.717, 1.165) is 78.4 Å². The lowest BCUT2D eigenvalue weighted by molar-refractivity contribution is 0.464. The van der Waals surface area contributed by atoms with E-state index in [9.17, 15) is 0 Å². The molecule has 7 aromatic rings. The van der Waals surface area contributed by atoms with Gasteiger partial charge in [-0.1, -0.05) is 123 Å². The normalized spacial score (nSPS) is 13.6. The van der Waals surface area contributed by atoms with E-state index in [1.807, 2.05) is 12.1 Å². The summed E-state index contributed by atoms with van der Waals surface area (Å²) in [4.78, 5) is 2.33. The van der Waals surface area contributed by atoms with E-state index in [0.29, 0.717) is 0 Å². The van der Waals surface area contributed by atoms with Gasteiger partial charge < -0.3 is 18.8 Å². The van der Waals surface area contributed by atoms with Crippen molar-refractivity contribution in [2.45, 2.75) is 78.6 Å². The van der Waals surface area contributed by atoms with Gasteiger partial charge in [-0.2, -0.15) is 0 Å². The maximum atomic E-state index is 7.01. The molecule has 0 fully saturated rings. The van der Waals surface area contributed by atoms with Crippen LogP contribution < -0.4 is 30.8 Å². The Kier molecular flexibility index (Phi) is 7.28. The Morgan fingerprint density at radius 2 is 1.04 bits per heavy atom. The molecule has 0 radical (unpaired) electrons. The van der Waals surface area contributed by atoms with Crippen molar-refractivity contribution in [2.24, 2.45) is 0 Å². The molecule has 0 spiro atoms. The fourth-order valence-electron chi connectivity index (χ4n) is 8.08. The van der Waals surface area contributed by atoms with Crippen molar-refractivity contribution in [2.75, 3.05) is 4.90 Å². The molecule has 0 bridgehead atoms. The van der Waals surface area contributed by atoms with E-state index < -0.39 is 0 Å². The number of nitrogens with zero attached hydrogens (tertiary/aromatic N) is 1. The second-order valence-electron chi connectivity index (χ2n) is 17.8. The molecule has 0 amide bonds. The van der Waals surface area contributed by atoms with Gasteiger partial charge in [0.05, 0.1) is 5.69 Å². The van der Waals surface area contributed by atoms with Crippen molar-refractivity contribution in [1.82, 2.24) is 0 Å². The van der Waals surface area contributed by atoms with Gasteiger partial charge in [-0.25, -0.2) is 0 Å². The topological polar surface area (TPSA) is 34.8 Å². The molecular formula is C48H46BNO3. The maximum absolute atomic E-state index is 7.01. The van der Waals surface area contributed by atoms with E-state index in [1.54, 1.807) is 0 Å². The largest absolute Gasteiger partial charge is 0.458 e. The summed E-state index contributed by atoms with van der Waals surface area (Å²) in [5.74, 6) is 3.36. The predicted molar refractivity (Wildman–Crippen MR) is 222 cm³/mol. The molecule has 2 aliphatic heterocycles. The third-order valence-corrected chi connectivity index (χ3v) is 11.1. The molecule has 53 heavy (non-hydrogen) atoms. The molecule has 3 heterocycles. The van der Waals surface area contributed by atoms with E-state index in [4.69, 9.17) is 13.9 Å². The first-order chi connectivity index (χ1) is 25.2. The second kappa shape index (κ2) is 11.5. The molecule has 2 aliphatic rings. The van der Waals surface area contributed by atoms with Crippen LogP contribution in [0, 0.1) is 0 Å². The molecular weight excluding hydrogens is 649 g/mol. The molecule has 264 valence electrons. The average molecular weight is 696 g/mol. The van der Waals surface area contributed by atoms with Gasteiger partial charge in [0, 0.05) is 33.7 Å². The Bertz CT molecular complexity index is 2500. The lowest BCUT2D eigenvalue weighted by Gasteiger charge is -2.35. The van der Waals surface area contributed by atoms with E-state index in [1.165, 1.54) is 16.7 Å². The van der Waals surface area contributed by atoms with Gasteiger partial charge in [0.2, 0.25) is 0 Å². The summed E-state index contributed by atoms with van der Waals surface area (Å²) in [6, 6.07) is 41.4. The Balaban J connectivity index is 1.35. The van der Waals surface area contributed by atoms with Gasteiger partial charge in [0.25, 0.3) is 6.71 Å². The first kappa shape index (κ1) is 33.4. The molecule has 0 saturated heterocycles. The number of hydrogen-bond acceptors (Lipinski definition) is 4. The molecule has 0 saturated carbocycles. The highest BCUT2D eigenvalue weighted by atomic mass is 16.5. The molecule has 4 nitrogen and oxygen atoms in total. The minimum atomic E-state index is -0.112. The highest BCUT2D eigenvalue weighted by Crippen LogP contribution is 2.47. The van der Waals surface area contributed by atoms with Gasteiger partial charge in [0.15, 0.2) is 5.58 Å². The zero-order valence-electron chi connectivity index (χ0n) is 32.2. The molecule has 5 heteroatoms. The molecule has 0 atom stereocenters. The fourth-order valence-corrected chi connectivity index (χ4v) is 8.08. The van der Waals surface area contributed by atoms with Crippen molar-refractivity contribution in [3.8, 4) is 23.0 Å². The monoisotopic (exact) mass is 695 g/mol. The van der Waals surface area contributed by atoms with Crippen molar-refractivity contribution in [3.63, 3.8) is 0 Å². The number of hydrogen-bond donors (Lipinski definition) is 0. The fraction of sp³-hybridized carbons (Fsp3) is 0.250. The van der Waals surface area contributed by atoms with Gasteiger partial charge in [-0.05, 0) is 92.4 Å². The van der Waals surface area contributed by atoms with Crippen molar-refractivity contribution < 1.29 is 13.9 Å². The van der Waals surface area contributed by atoms with Gasteiger partial charge in [-0.3, -0.25) is 0 Å². The van der Waals surface area contributed by atoms with Gasteiger partial charge in [0.1, 0.15) is 28.6 Å². The van der Waals surface area contributed by atoms with Crippen molar-refractivity contribution in [1.29, 1.82) is 0 Å². The summed E-state index contributed by atoms with van der Waals surface area (Å²) in [6.07, 6.45) is 0. The first-order valence-corrected chi connectivity index (χ1v) is 18.8. The highest BCUT2D eigenvalue weighted by Gasteiger charge is 2.43. The summed E-state index contributed by atoms with van der Waals surface area (Å²) < 4.78 is 20.6. The van der Waals surface area contributed by atoms with E-state index >= 15 is 0 Å². The number of furan rings is 1. The number of anilines is 3. The number of para-hydroxylation sites is 1. The number of benzene rings is 6. The molecule has 0 N–H and O–H groups in total. The van der Waals surface area contributed by atoms with E-state index in [2.05, 4.69) is 170 Å². The smallest absolute Gasteiger partial charge is 0.261 e. The Morgan fingerprint density at radius 3 is 1.62 bits per heavy atom. The van der Waals surface area contributed by atoms with Crippen molar-refractivity contribution >= 4 is 62.1 Å². The molecule has 9 rings (SSSR count). The predicted octanol–water partition coefficient (Wildman–Crippen LogP) is 11.7. The van der Waals surface area contributed by atoms with E-state index in [-0.39, 0.29) is 23.0 Å². The van der Waals surface area contributed by atoms with Crippen LogP contribution in [0.1, 0.15) is 79.0 Å². The molecule has 1 aromatic heterocycles. The van der Waals surface area contributed by atoms with Gasteiger partial charge >= 0.3 is 0 Å². The van der Waals surface area contributed by atoms with Crippen LogP contribution in [0.2, 0.25) is 0 Å². The zero-order chi connectivity index (χ0) is 37.0. The van der Waals surface area contributed by atoms with Crippen LogP contribution in [-0.2, 0) is 16.2 Å². The van der Waals surface area contributed by atoms with Crippen LogP contribution in [0.15, 0.2) is 120 Å². The second-order valence-corrected chi connectivity index (χ2v) is 17.8. The Morgan fingerprint density at radius 1 is 0.491 bits per heavy atom. The highest BCUT2D eigenvalue weighted by molar-refractivity contribution is 6.99. The van der Waals surface area contributed by atoms with Crippen LogP contribution in [-0.4, -0.2) is 6.71 Å². The van der Waals surface area contributed by atoms with Gasteiger partial charge in [-0.15, -0.1) is 0 Å². The minimum absolute atomic E-state index is 0.0302. The summed E-state index contributed by atoms with van der Waals surface area (Å²) in [5.41, 5.74) is 11.9. The Hall–Kier alpha value is -5.42. The summed E-state index contributed by atoms with van der Waals surface area (Å²) >= 11 is 0. The third-order valence-electron chi connectivity index (χ3n) is 11.1. The number of ether oxygens (including phenoxy) is 2. The van der Waals surface area contributed by atoms with Crippen LogP contribution in [0.3, 0.4) is 0 Å². The standard InChI is InChI=1S/C48H46BNO3/c1-46(2,3)29-17-22-32(23-18-29)50(33-24-19-30(20-25-33)47(4,5)6)36-28-41-44(42-34-13-10-11-14-37(34)53-45(36)42)49-35-27-31(48(7,8)9)21-26-38(35)51-39-15-12-16-40(52-41)43(39)49/h10-28H,1-9H3. The Labute approximate surface area is 313 Å². The molecule has 6 aromatic carbocycles. The maximum Gasteiger partial charge on any atom is 0.261 e. The van der Waals surface area contributed by atoms with Crippen LogP contribution >= 0.6 is 0 Å². The summed E-state index contributed by atoms with van der Waals surface area (Å²) in [7, 11) is 0. The summed E-state index contributed by atoms with van der Waals surface area (Å²) in [5, 5.41) is 2.13. The average Bonchev–Trinajstić information content (AvgIpc) is 3.51. The summed E-state index contributed by atoms with van der Waals surface area (Å²) in [6.45, 7) is 20.2. The first-order valence-electron chi connectivity index (χ1n) is 18.8. The lowest BCUT2D eigenvalue weighted by Crippen LogP contribution is -2.57. The van der Waals surface area contributed by atoms with Crippen LogP contribution in [0.25, 0.3) is 21.9 Å². The molecule has 0 aliphatic carbocycles. The number of rotatable bonds is 3. The SMILES string of the molecule is CC(C)(C)c1ccc(N(c2ccc(C(C)(C)C)cc2)c2cc3c(c4c2oc2ccccc24)B2c4cc(C(C)(C)C)ccc4Oc4cccc(c42)O3)cc1.